The van der Waals surface area contributed by atoms with Gasteiger partial charge in [0.25, 0.3) is 0 Å². The quantitative estimate of drug-likeness (QED) is 0.913. The standard InChI is InChI=1S/C17H23N3O3/c1-12-5-8-22-14(12)10-20-7-2-6-17(21,11-20)9-15-18-16(19-23-15)13-3-4-13/h5,8,13,21H,2-4,6-7,9-11H2,1H3. The summed E-state index contributed by atoms with van der Waals surface area (Å²) in [5, 5.41) is 15.0. The van der Waals surface area contributed by atoms with Gasteiger partial charge in [-0.2, -0.15) is 4.98 Å². The summed E-state index contributed by atoms with van der Waals surface area (Å²) in [6, 6.07) is 1.98. The molecule has 23 heavy (non-hydrogen) atoms. The Morgan fingerprint density at radius 2 is 2.30 bits per heavy atom. The monoisotopic (exact) mass is 317 g/mol. The normalized spacial score (nSPS) is 25.8. The lowest BCUT2D eigenvalue weighted by molar-refractivity contribution is -0.0388. The molecular formula is C17H23N3O3. The minimum atomic E-state index is -0.800. The summed E-state index contributed by atoms with van der Waals surface area (Å²) in [6.45, 7) is 4.36. The van der Waals surface area contributed by atoms with Crippen LogP contribution in [0.25, 0.3) is 0 Å². The summed E-state index contributed by atoms with van der Waals surface area (Å²) in [6.07, 6.45) is 6.18. The highest BCUT2D eigenvalue weighted by Gasteiger charge is 2.36. The van der Waals surface area contributed by atoms with E-state index in [9.17, 15) is 5.11 Å². The first-order valence-electron chi connectivity index (χ1n) is 8.41. The van der Waals surface area contributed by atoms with Crippen LogP contribution in [0.3, 0.4) is 0 Å². The van der Waals surface area contributed by atoms with E-state index in [2.05, 4.69) is 15.0 Å². The van der Waals surface area contributed by atoms with E-state index in [0.29, 0.717) is 24.8 Å². The van der Waals surface area contributed by atoms with E-state index >= 15 is 0 Å². The van der Waals surface area contributed by atoms with Gasteiger partial charge in [-0.25, -0.2) is 0 Å². The van der Waals surface area contributed by atoms with Crippen LogP contribution in [0.5, 0.6) is 0 Å². The third kappa shape index (κ3) is 3.33. The van der Waals surface area contributed by atoms with Crippen LogP contribution in [-0.4, -0.2) is 38.8 Å². The average molecular weight is 317 g/mol. The Kier molecular flexibility index (Phi) is 3.73. The Hall–Kier alpha value is -1.66. The Labute approximate surface area is 135 Å². The first-order chi connectivity index (χ1) is 11.1. The van der Waals surface area contributed by atoms with Crippen LogP contribution in [0.2, 0.25) is 0 Å². The lowest BCUT2D eigenvalue weighted by Crippen LogP contribution is -2.49. The molecule has 3 heterocycles. The lowest BCUT2D eigenvalue weighted by Gasteiger charge is -2.38. The summed E-state index contributed by atoms with van der Waals surface area (Å²) in [5.41, 5.74) is 0.358. The molecule has 0 spiro atoms. The van der Waals surface area contributed by atoms with Crippen molar-refractivity contribution in [3.05, 3.63) is 35.4 Å². The molecule has 0 bridgehead atoms. The molecule has 1 N–H and O–H groups in total. The van der Waals surface area contributed by atoms with E-state index in [-0.39, 0.29) is 0 Å². The summed E-state index contributed by atoms with van der Waals surface area (Å²) >= 11 is 0. The fourth-order valence-corrected chi connectivity index (χ4v) is 3.38. The van der Waals surface area contributed by atoms with Gasteiger partial charge >= 0.3 is 0 Å². The highest BCUT2D eigenvalue weighted by molar-refractivity contribution is 5.14. The molecule has 2 aromatic rings. The second-order valence-electron chi connectivity index (χ2n) is 7.06. The second-order valence-corrected chi connectivity index (χ2v) is 7.06. The van der Waals surface area contributed by atoms with E-state index in [1.807, 2.05) is 13.0 Å². The number of nitrogens with zero attached hydrogens (tertiary/aromatic N) is 3. The fraction of sp³-hybridized carbons (Fsp3) is 0.647. The van der Waals surface area contributed by atoms with Crippen molar-refractivity contribution < 1.29 is 14.0 Å². The predicted octanol–water partition coefficient (Wildman–Crippen LogP) is 2.42. The zero-order valence-corrected chi connectivity index (χ0v) is 13.5. The highest BCUT2D eigenvalue weighted by Crippen LogP contribution is 2.38. The van der Waals surface area contributed by atoms with Crippen LogP contribution in [-0.2, 0) is 13.0 Å². The maximum Gasteiger partial charge on any atom is 0.229 e. The number of furan rings is 1. The van der Waals surface area contributed by atoms with Gasteiger partial charge in [0.2, 0.25) is 5.89 Å². The van der Waals surface area contributed by atoms with Gasteiger partial charge < -0.3 is 14.0 Å². The lowest BCUT2D eigenvalue weighted by atomic mass is 9.89. The Balaban J connectivity index is 1.41. The number of aromatic nitrogens is 2. The van der Waals surface area contributed by atoms with Crippen LogP contribution in [0.1, 0.15) is 54.6 Å². The number of aryl methyl sites for hydroxylation is 1. The molecule has 6 nitrogen and oxygen atoms in total. The maximum absolute atomic E-state index is 11.0. The molecule has 1 saturated heterocycles. The van der Waals surface area contributed by atoms with Crippen LogP contribution in [0, 0.1) is 6.92 Å². The zero-order valence-electron chi connectivity index (χ0n) is 13.5. The van der Waals surface area contributed by atoms with Gasteiger partial charge in [0.05, 0.1) is 24.8 Å². The van der Waals surface area contributed by atoms with Crippen LogP contribution < -0.4 is 0 Å². The molecule has 0 radical (unpaired) electrons. The van der Waals surface area contributed by atoms with Gasteiger partial charge in [-0.15, -0.1) is 0 Å². The zero-order chi connectivity index (χ0) is 15.9. The van der Waals surface area contributed by atoms with Crippen molar-refractivity contribution in [3.8, 4) is 0 Å². The minimum Gasteiger partial charge on any atom is -0.468 e. The van der Waals surface area contributed by atoms with Gasteiger partial charge in [-0.1, -0.05) is 5.16 Å². The van der Waals surface area contributed by atoms with E-state index in [0.717, 1.165) is 55.9 Å². The van der Waals surface area contributed by atoms with Gasteiger partial charge in [0.15, 0.2) is 5.82 Å². The average Bonchev–Trinajstić information content (AvgIpc) is 3.14. The molecule has 1 atom stereocenters. The van der Waals surface area contributed by atoms with Gasteiger partial charge in [-0.05, 0) is 50.8 Å². The summed E-state index contributed by atoms with van der Waals surface area (Å²) in [4.78, 5) is 6.70. The Bertz CT molecular complexity index is 676. The largest absolute Gasteiger partial charge is 0.468 e. The van der Waals surface area contributed by atoms with Crippen LogP contribution >= 0.6 is 0 Å². The van der Waals surface area contributed by atoms with Crippen LogP contribution in [0.15, 0.2) is 21.3 Å². The smallest absolute Gasteiger partial charge is 0.229 e. The Morgan fingerprint density at radius 1 is 1.43 bits per heavy atom. The van der Waals surface area contributed by atoms with Gasteiger partial charge in [0, 0.05) is 12.5 Å². The second kappa shape index (κ2) is 5.76. The molecule has 0 aromatic carbocycles. The topological polar surface area (TPSA) is 75.5 Å². The van der Waals surface area contributed by atoms with Crippen molar-refractivity contribution >= 4 is 0 Å². The molecule has 1 aliphatic heterocycles. The van der Waals surface area contributed by atoms with Crippen molar-refractivity contribution in [1.82, 2.24) is 15.0 Å². The molecule has 4 rings (SSSR count). The molecule has 6 heteroatoms. The van der Waals surface area contributed by atoms with Crippen molar-refractivity contribution in [2.24, 2.45) is 0 Å². The number of hydrogen-bond donors (Lipinski definition) is 1. The number of hydrogen-bond acceptors (Lipinski definition) is 6. The molecular weight excluding hydrogens is 294 g/mol. The Morgan fingerprint density at radius 3 is 3.04 bits per heavy atom. The fourth-order valence-electron chi connectivity index (χ4n) is 3.38. The summed E-state index contributed by atoms with van der Waals surface area (Å²) in [7, 11) is 0. The molecule has 124 valence electrons. The SMILES string of the molecule is Cc1ccoc1CN1CCCC(O)(Cc2nc(C3CC3)no2)C1. The molecule has 2 fully saturated rings. The molecule has 1 aliphatic carbocycles. The third-order valence-corrected chi connectivity index (χ3v) is 4.88. The first-order valence-corrected chi connectivity index (χ1v) is 8.41. The maximum atomic E-state index is 11.0. The number of β-amino-alcohol motifs (C(OH)–C–C–N with tert-alkyl or cyclic N) is 1. The van der Waals surface area contributed by atoms with E-state index in [4.69, 9.17) is 8.94 Å². The number of rotatable bonds is 5. The predicted molar refractivity (Wildman–Crippen MR) is 82.9 cm³/mol. The molecule has 1 unspecified atom stereocenters. The van der Waals surface area contributed by atoms with E-state index in [1.54, 1.807) is 6.26 Å². The van der Waals surface area contributed by atoms with Crippen molar-refractivity contribution in [3.63, 3.8) is 0 Å². The van der Waals surface area contributed by atoms with Crippen molar-refractivity contribution in [2.75, 3.05) is 13.1 Å². The van der Waals surface area contributed by atoms with Crippen molar-refractivity contribution in [1.29, 1.82) is 0 Å². The summed E-state index contributed by atoms with van der Waals surface area (Å²) < 4.78 is 10.9. The van der Waals surface area contributed by atoms with Gasteiger partial charge in [-0.3, -0.25) is 4.90 Å². The third-order valence-electron chi connectivity index (χ3n) is 4.88. The molecule has 0 amide bonds. The highest BCUT2D eigenvalue weighted by atomic mass is 16.5. The minimum absolute atomic E-state index is 0.431. The van der Waals surface area contributed by atoms with Gasteiger partial charge in [0.1, 0.15) is 5.76 Å². The van der Waals surface area contributed by atoms with E-state index < -0.39 is 5.60 Å². The van der Waals surface area contributed by atoms with E-state index in [1.165, 1.54) is 0 Å². The number of aliphatic hydroxyl groups is 1. The first kappa shape index (κ1) is 14.9. The number of piperidine rings is 1. The van der Waals surface area contributed by atoms with Crippen LogP contribution in [0.4, 0.5) is 0 Å². The molecule has 1 saturated carbocycles. The summed E-state index contributed by atoms with van der Waals surface area (Å²) in [5.74, 6) is 2.82. The molecule has 2 aliphatic rings. The number of likely N-dealkylation sites (tertiary alicyclic amines) is 1. The van der Waals surface area contributed by atoms with Crippen molar-refractivity contribution in [2.45, 2.75) is 57.1 Å². The molecule has 2 aromatic heterocycles.